The number of aromatic hydroxyl groups is 1. The van der Waals surface area contributed by atoms with E-state index < -0.39 is 5.97 Å². The lowest BCUT2D eigenvalue weighted by Gasteiger charge is -2.18. The van der Waals surface area contributed by atoms with E-state index in [0.29, 0.717) is 12.0 Å². The summed E-state index contributed by atoms with van der Waals surface area (Å²) in [5, 5.41) is 9.81. The van der Waals surface area contributed by atoms with E-state index >= 15 is 0 Å². The van der Waals surface area contributed by atoms with Crippen LogP contribution in [0.3, 0.4) is 0 Å². The molecule has 2 aromatic carbocycles. The van der Waals surface area contributed by atoms with Crippen LogP contribution in [0.25, 0.3) is 0 Å². The molecule has 0 aromatic heterocycles. The molecule has 0 aliphatic carbocycles. The molecule has 2 aromatic rings. The first kappa shape index (κ1) is 17.8. The molecule has 1 atom stereocenters. The molecule has 122 valence electrons. The molecule has 0 aliphatic rings. The van der Waals surface area contributed by atoms with Crippen molar-refractivity contribution < 1.29 is 14.6 Å². The number of benzene rings is 2. The number of ether oxygens (including phenoxy) is 1. The minimum absolute atomic E-state index is 0.0645. The third-order valence-electron chi connectivity index (χ3n) is 3.92. The summed E-state index contributed by atoms with van der Waals surface area (Å²) in [5.74, 6) is -0.610. The van der Waals surface area contributed by atoms with E-state index in [2.05, 4.69) is 15.9 Å². The average Bonchev–Trinajstić information content (AvgIpc) is 2.51. The fraction of sp³-hybridized carbons (Fsp3) is 0.278. The topological polar surface area (TPSA) is 46.5 Å². The van der Waals surface area contributed by atoms with Crippen LogP contribution < -0.4 is 0 Å². The minimum atomic E-state index is -0.545. The van der Waals surface area contributed by atoms with Crippen molar-refractivity contribution in [1.29, 1.82) is 0 Å². The molecule has 0 aliphatic heterocycles. The van der Waals surface area contributed by atoms with Crippen LogP contribution in [0.1, 0.15) is 38.0 Å². The quantitative estimate of drug-likeness (QED) is 0.578. The predicted molar refractivity (Wildman–Crippen MR) is 95.4 cm³/mol. The molecule has 5 heteroatoms. The van der Waals surface area contributed by atoms with Crippen molar-refractivity contribution in [1.82, 2.24) is 0 Å². The highest BCUT2D eigenvalue weighted by atomic mass is 79.9. The summed E-state index contributed by atoms with van der Waals surface area (Å²) in [6.07, 6.45) is 0.561. The number of rotatable bonds is 4. The highest BCUT2D eigenvalue weighted by molar-refractivity contribution is 9.10. The van der Waals surface area contributed by atoms with Crippen LogP contribution in [-0.4, -0.2) is 18.2 Å². The number of phenolic OH excluding ortho intramolecular Hbond substituents is 1. The summed E-state index contributed by atoms with van der Waals surface area (Å²) in [6, 6.07) is 9.41. The summed E-state index contributed by atoms with van der Waals surface area (Å²) in [7, 11) is 1.30. The number of carbonyl (C=O) groups is 1. The lowest BCUT2D eigenvalue weighted by Crippen LogP contribution is -2.09. The maximum atomic E-state index is 11.9. The zero-order valence-corrected chi connectivity index (χ0v) is 15.5. The van der Waals surface area contributed by atoms with Gasteiger partial charge in [0, 0.05) is 4.47 Å². The zero-order valence-electron chi connectivity index (χ0n) is 13.2. The molecule has 0 amide bonds. The SMILES string of the molecule is COC(=O)c1c(O)cc(C)c(CC(Cl)c2ccc(Br)cc2)c1C. The molecule has 23 heavy (non-hydrogen) atoms. The van der Waals surface area contributed by atoms with Crippen molar-refractivity contribution in [2.24, 2.45) is 0 Å². The average molecular weight is 398 g/mol. The third-order valence-corrected chi connectivity index (χ3v) is 4.85. The third kappa shape index (κ3) is 3.88. The van der Waals surface area contributed by atoms with Crippen molar-refractivity contribution in [3.05, 3.63) is 62.6 Å². The Bertz CT molecular complexity index is 726. The maximum absolute atomic E-state index is 11.9. The molecule has 2 rings (SSSR count). The largest absolute Gasteiger partial charge is 0.507 e. The van der Waals surface area contributed by atoms with Crippen LogP contribution in [0.15, 0.2) is 34.8 Å². The van der Waals surface area contributed by atoms with Crippen LogP contribution in [0, 0.1) is 13.8 Å². The van der Waals surface area contributed by atoms with Crippen LogP contribution >= 0.6 is 27.5 Å². The second kappa shape index (κ2) is 7.37. The summed E-state index contributed by atoms with van der Waals surface area (Å²) in [4.78, 5) is 11.9. The molecule has 0 heterocycles. The maximum Gasteiger partial charge on any atom is 0.341 e. The van der Waals surface area contributed by atoms with E-state index in [9.17, 15) is 9.90 Å². The van der Waals surface area contributed by atoms with Crippen LogP contribution in [-0.2, 0) is 11.2 Å². The smallest absolute Gasteiger partial charge is 0.341 e. The Morgan fingerprint density at radius 2 is 1.91 bits per heavy atom. The van der Waals surface area contributed by atoms with Crippen molar-refractivity contribution in [3.8, 4) is 5.75 Å². The van der Waals surface area contributed by atoms with Gasteiger partial charge in [-0.05, 0) is 60.7 Å². The first-order chi connectivity index (χ1) is 10.8. The van der Waals surface area contributed by atoms with Gasteiger partial charge < -0.3 is 9.84 Å². The van der Waals surface area contributed by atoms with Gasteiger partial charge in [-0.2, -0.15) is 0 Å². The lowest BCUT2D eigenvalue weighted by molar-refractivity contribution is 0.0596. The van der Waals surface area contributed by atoms with Crippen LogP contribution in [0.4, 0.5) is 0 Å². The summed E-state index contributed by atoms with van der Waals surface area (Å²) in [6.45, 7) is 3.70. The monoisotopic (exact) mass is 396 g/mol. The van der Waals surface area contributed by atoms with E-state index in [1.54, 1.807) is 13.0 Å². The van der Waals surface area contributed by atoms with Gasteiger partial charge >= 0.3 is 5.97 Å². The van der Waals surface area contributed by atoms with Crippen LogP contribution in [0.5, 0.6) is 5.75 Å². The number of carbonyl (C=O) groups excluding carboxylic acids is 1. The highest BCUT2D eigenvalue weighted by Gasteiger charge is 2.21. The Balaban J connectivity index is 2.39. The van der Waals surface area contributed by atoms with Gasteiger partial charge in [-0.15, -0.1) is 11.6 Å². The van der Waals surface area contributed by atoms with Crippen LogP contribution in [0.2, 0.25) is 0 Å². The molecule has 1 unspecified atom stereocenters. The Hall–Kier alpha value is -1.52. The molecule has 1 N–H and O–H groups in total. The number of phenols is 1. The fourth-order valence-corrected chi connectivity index (χ4v) is 3.21. The molecule has 0 saturated carbocycles. The number of aryl methyl sites for hydroxylation is 1. The first-order valence-electron chi connectivity index (χ1n) is 7.15. The zero-order chi connectivity index (χ0) is 17.1. The lowest BCUT2D eigenvalue weighted by atomic mass is 9.92. The molecule has 0 radical (unpaired) electrons. The Morgan fingerprint density at radius 1 is 1.30 bits per heavy atom. The van der Waals surface area contributed by atoms with Crippen molar-refractivity contribution in [2.75, 3.05) is 7.11 Å². The molecular weight excluding hydrogens is 380 g/mol. The summed E-state index contributed by atoms with van der Waals surface area (Å²) >= 11 is 9.95. The summed E-state index contributed by atoms with van der Waals surface area (Å²) < 4.78 is 5.75. The second-order valence-electron chi connectivity index (χ2n) is 5.41. The second-order valence-corrected chi connectivity index (χ2v) is 6.85. The number of methoxy groups -OCH3 is 1. The summed E-state index contributed by atoms with van der Waals surface area (Å²) in [5.41, 5.74) is 3.76. The molecule has 0 spiro atoms. The van der Waals surface area contributed by atoms with Gasteiger partial charge in [0.1, 0.15) is 11.3 Å². The Labute approximate surface area is 149 Å². The van der Waals surface area contributed by atoms with Gasteiger partial charge in [-0.3, -0.25) is 0 Å². The van der Waals surface area contributed by atoms with Gasteiger partial charge in [-0.1, -0.05) is 28.1 Å². The van der Waals surface area contributed by atoms with E-state index in [1.807, 2.05) is 31.2 Å². The first-order valence-corrected chi connectivity index (χ1v) is 8.38. The van der Waals surface area contributed by atoms with Gasteiger partial charge in [0.2, 0.25) is 0 Å². The molecule has 0 saturated heterocycles. The molecular formula is C18H18BrClO3. The van der Waals surface area contributed by atoms with Gasteiger partial charge in [0.05, 0.1) is 12.5 Å². The van der Waals surface area contributed by atoms with E-state index in [0.717, 1.165) is 21.2 Å². The van der Waals surface area contributed by atoms with E-state index in [1.165, 1.54) is 7.11 Å². The number of hydrogen-bond acceptors (Lipinski definition) is 3. The van der Waals surface area contributed by atoms with Gasteiger partial charge in [0.15, 0.2) is 0 Å². The van der Waals surface area contributed by atoms with E-state index in [-0.39, 0.29) is 16.7 Å². The molecule has 0 bridgehead atoms. The van der Waals surface area contributed by atoms with Crippen molar-refractivity contribution in [2.45, 2.75) is 25.6 Å². The standard InChI is InChI=1S/C18H18BrClO3/c1-10-8-16(21)17(18(22)23-3)11(2)14(10)9-15(20)12-4-6-13(19)7-5-12/h4-8,15,21H,9H2,1-3H3. The number of esters is 1. The highest BCUT2D eigenvalue weighted by Crippen LogP contribution is 2.33. The fourth-order valence-electron chi connectivity index (χ4n) is 2.65. The van der Waals surface area contributed by atoms with Crippen molar-refractivity contribution >= 4 is 33.5 Å². The number of halogens is 2. The number of hydrogen-bond donors (Lipinski definition) is 1. The number of alkyl halides is 1. The van der Waals surface area contributed by atoms with Gasteiger partial charge in [-0.25, -0.2) is 4.79 Å². The molecule has 0 fully saturated rings. The Kier molecular flexibility index (Phi) is 5.71. The van der Waals surface area contributed by atoms with E-state index in [4.69, 9.17) is 16.3 Å². The molecule has 3 nitrogen and oxygen atoms in total. The predicted octanol–water partition coefficient (Wildman–Crippen LogP) is 5.08. The van der Waals surface area contributed by atoms with Gasteiger partial charge in [0.25, 0.3) is 0 Å². The minimum Gasteiger partial charge on any atom is -0.507 e. The van der Waals surface area contributed by atoms with Crippen molar-refractivity contribution in [3.63, 3.8) is 0 Å². The normalized spacial score (nSPS) is 12.0. The Morgan fingerprint density at radius 3 is 2.48 bits per heavy atom.